The quantitative estimate of drug-likeness (QED) is 0.619. The summed E-state index contributed by atoms with van der Waals surface area (Å²) in [6, 6.07) is 4.66. The summed E-state index contributed by atoms with van der Waals surface area (Å²) in [7, 11) is -4.21. The standard InChI is InChI=1S/C20H16F7NO3S/c21-15-7-14(20(25,26)27)8-17(9-15)32(30,31)16-5-11(6-16)10-28-18(29)12-1-3-13(4-2-12)19(22,23)24/h1-4,7-9,11,16H,5-6,10H2,(H,28,29). The molecule has 1 amide bonds. The summed E-state index contributed by atoms with van der Waals surface area (Å²) >= 11 is 0. The molecule has 0 spiro atoms. The van der Waals surface area contributed by atoms with Crippen molar-refractivity contribution >= 4 is 15.7 Å². The van der Waals surface area contributed by atoms with Gasteiger partial charge in [-0.25, -0.2) is 12.8 Å². The molecular weight excluding hydrogens is 467 g/mol. The van der Waals surface area contributed by atoms with Crippen LogP contribution in [0.3, 0.4) is 0 Å². The number of sulfone groups is 1. The van der Waals surface area contributed by atoms with E-state index in [9.17, 15) is 43.9 Å². The van der Waals surface area contributed by atoms with Crippen LogP contribution in [0.4, 0.5) is 30.7 Å². The monoisotopic (exact) mass is 483 g/mol. The van der Waals surface area contributed by atoms with Gasteiger partial charge >= 0.3 is 12.4 Å². The number of benzene rings is 2. The first-order chi connectivity index (χ1) is 14.7. The second kappa shape index (κ2) is 8.38. The van der Waals surface area contributed by atoms with E-state index in [0.29, 0.717) is 12.1 Å². The van der Waals surface area contributed by atoms with Gasteiger partial charge in [0, 0.05) is 12.1 Å². The van der Waals surface area contributed by atoms with Crippen LogP contribution in [0.1, 0.15) is 34.3 Å². The molecule has 1 saturated carbocycles. The minimum Gasteiger partial charge on any atom is -0.352 e. The van der Waals surface area contributed by atoms with Gasteiger partial charge in [-0.3, -0.25) is 4.79 Å². The average Bonchev–Trinajstić information content (AvgIpc) is 2.64. The fourth-order valence-corrected chi connectivity index (χ4v) is 5.33. The lowest BCUT2D eigenvalue weighted by molar-refractivity contribution is -0.138. The fraction of sp³-hybridized carbons (Fsp3) is 0.350. The highest BCUT2D eigenvalue weighted by Gasteiger charge is 2.41. The van der Waals surface area contributed by atoms with Gasteiger partial charge < -0.3 is 5.32 Å². The number of carbonyl (C=O) groups excluding carboxylic acids is 1. The number of hydrogen-bond donors (Lipinski definition) is 1. The highest BCUT2D eigenvalue weighted by Crippen LogP contribution is 2.38. The maximum Gasteiger partial charge on any atom is 0.416 e. The lowest BCUT2D eigenvalue weighted by Gasteiger charge is -2.35. The smallest absolute Gasteiger partial charge is 0.352 e. The Morgan fingerprint density at radius 2 is 1.47 bits per heavy atom. The zero-order valence-corrected chi connectivity index (χ0v) is 16.9. The topological polar surface area (TPSA) is 63.2 Å². The third-order valence-electron chi connectivity index (χ3n) is 5.18. The number of rotatable bonds is 5. The van der Waals surface area contributed by atoms with Gasteiger partial charge in [-0.05, 0) is 61.2 Å². The van der Waals surface area contributed by atoms with E-state index in [-0.39, 0.29) is 36.9 Å². The van der Waals surface area contributed by atoms with E-state index in [1.54, 1.807) is 0 Å². The summed E-state index contributed by atoms with van der Waals surface area (Å²) in [5.41, 5.74) is -2.33. The molecule has 0 aromatic heterocycles. The van der Waals surface area contributed by atoms with Crippen molar-refractivity contribution in [2.45, 2.75) is 35.3 Å². The molecule has 0 atom stereocenters. The Kier molecular flexibility index (Phi) is 6.29. The molecule has 0 heterocycles. The molecule has 2 aromatic carbocycles. The van der Waals surface area contributed by atoms with Crippen molar-refractivity contribution < 1.29 is 43.9 Å². The molecular formula is C20H16F7NO3S. The van der Waals surface area contributed by atoms with Crippen LogP contribution in [0.5, 0.6) is 0 Å². The molecule has 1 aliphatic carbocycles. The molecule has 0 radical (unpaired) electrons. The van der Waals surface area contributed by atoms with E-state index in [1.165, 1.54) is 0 Å². The van der Waals surface area contributed by atoms with E-state index in [1.807, 2.05) is 0 Å². The van der Waals surface area contributed by atoms with Gasteiger partial charge in [0.25, 0.3) is 5.91 Å². The number of carbonyl (C=O) groups is 1. The maximum atomic E-state index is 13.5. The van der Waals surface area contributed by atoms with Gasteiger partial charge in [-0.1, -0.05) is 0 Å². The minimum absolute atomic E-state index is 0.0130. The molecule has 0 bridgehead atoms. The van der Waals surface area contributed by atoms with Gasteiger partial charge in [0.1, 0.15) is 5.82 Å². The summed E-state index contributed by atoms with van der Waals surface area (Å²) in [6.45, 7) is 0.0306. The average molecular weight is 483 g/mol. The first-order valence-corrected chi connectivity index (χ1v) is 10.8. The van der Waals surface area contributed by atoms with Crippen molar-refractivity contribution in [2.75, 3.05) is 6.54 Å². The van der Waals surface area contributed by atoms with Crippen LogP contribution < -0.4 is 5.32 Å². The van der Waals surface area contributed by atoms with E-state index in [2.05, 4.69) is 5.32 Å². The van der Waals surface area contributed by atoms with Crippen LogP contribution in [0, 0.1) is 11.7 Å². The zero-order chi connectivity index (χ0) is 23.9. The van der Waals surface area contributed by atoms with Crippen molar-refractivity contribution in [3.8, 4) is 0 Å². The molecule has 0 aliphatic heterocycles. The Balaban J connectivity index is 1.58. The van der Waals surface area contributed by atoms with Crippen molar-refractivity contribution in [1.29, 1.82) is 0 Å². The van der Waals surface area contributed by atoms with Crippen molar-refractivity contribution in [3.63, 3.8) is 0 Å². The van der Waals surface area contributed by atoms with Gasteiger partial charge in [0.05, 0.1) is 21.3 Å². The molecule has 2 aromatic rings. The number of nitrogens with one attached hydrogen (secondary N) is 1. The number of halogens is 7. The van der Waals surface area contributed by atoms with Crippen LogP contribution >= 0.6 is 0 Å². The molecule has 1 fully saturated rings. The highest BCUT2D eigenvalue weighted by molar-refractivity contribution is 7.92. The van der Waals surface area contributed by atoms with E-state index in [4.69, 9.17) is 0 Å². The Morgan fingerprint density at radius 3 is 2.00 bits per heavy atom. The fourth-order valence-electron chi connectivity index (χ4n) is 3.33. The lowest BCUT2D eigenvalue weighted by Crippen LogP contribution is -2.42. The van der Waals surface area contributed by atoms with Crippen LogP contribution in [-0.4, -0.2) is 26.1 Å². The van der Waals surface area contributed by atoms with Crippen LogP contribution in [0.25, 0.3) is 0 Å². The molecule has 4 nitrogen and oxygen atoms in total. The van der Waals surface area contributed by atoms with E-state index < -0.39 is 55.2 Å². The Hall–Kier alpha value is -2.63. The summed E-state index contributed by atoms with van der Waals surface area (Å²) in [4.78, 5) is 11.3. The lowest BCUT2D eigenvalue weighted by atomic mass is 9.84. The van der Waals surface area contributed by atoms with Gasteiger partial charge in [0.2, 0.25) is 0 Å². The zero-order valence-electron chi connectivity index (χ0n) is 16.1. The summed E-state index contributed by atoms with van der Waals surface area (Å²) in [5.74, 6) is -2.27. The molecule has 3 rings (SSSR count). The molecule has 12 heteroatoms. The highest BCUT2D eigenvalue weighted by atomic mass is 32.2. The van der Waals surface area contributed by atoms with Gasteiger partial charge in [-0.2, -0.15) is 26.3 Å². The number of alkyl halides is 6. The van der Waals surface area contributed by atoms with E-state index >= 15 is 0 Å². The van der Waals surface area contributed by atoms with Crippen LogP contribution in [0.15, 0.2) is 47.4 Å². The molecule has 0 unspecified atom stereocenters. The van der Waals surface area contributed by atoms with E-state index in [0.717, 1.165) is 24.3 Å². The van der Waals surface area contributed by atoms with Crippen LogP contribution in [-0.2, 0) is 22.2 Å². The minimum atomic E-state index is -4.91. The molecule has 1 N–H and O–H groups in total. The van der Waals surface area contributed by atoms with Crippen LogP contribution in [0.2, 0.25) is 0 Å². The predicted octanol–water partition coefficient (Wildman–Crippen LogP) is 4.85. The maximum absolute atomic E-state index is 13.5. The first kappa shape index (κ1) is 24.0. The molecule has 1 aliphatic rings. The third-order valence-corrected chi connectivity index (χ3v) is 7.34. The van der Waals surface area contributed by atoms with Gasteiger partial charge in [0.15, 0.2) is 9.84 Å². The summed E-state index contributed by atoms with van der Waals surface area (Å²) < 4.78 is 115. The molecule has 174 valence electrons. The summed E-state index contributed by atoms with van der Waals surface area (Å²) in [5, 5.41) is 1.46. The summed E-state index contributed by atoms with van der Waals surface area (Å²) in [6.07, 6.45) is -9.37. The van der Waals surface area contributed by atoms with Crippen molar-refractivity contribution in [3.05, 3.63) is 65.0 Å². The SMILES string of the molecule is O=C(NCC1CC(S(=O)(=O)c2cc(F)cc(C(F)(F)F)c2)C1)c1ccc(C(F)(F)F)cc1. The number of hydrogen-bond acceptors (Lipinski definition) is 3. The predicted molar refractivity (Wildman–Crippen MR) is 98.9 cm³/mol. The first-order valence-electron chi connectivity index (χ1n) is 9.25. The van der Waals surface area contributed by atoms with Crippen molar-refractivity contribution in [2.24, 2.45) is 5.92 Å². The van der Waals surface area contributed by atoms with Gasteiger partial charge in [-0.15, -0.1) is 0 Å². The second-order valence-electron chi connectivity index (χ2n) is 7.46. The Labute approximate surface area is 178 Å². The van der Waals surface area contributed by atoms with Crippen molar-refractivity contribution in [1.82, 2.24) is 5.32 Å². The molecule has 32 heavy (non-hydrogen) atoms. The Bertz CT molecular complexity index is 1100. The largest absolute Gasteiger partial charge is 0.416 e. The normalized spacial score (nSPS) is 19.3. The Morgan fingerprint density at radius 1 is 0.906 bits per heavy atom. The molecule has 0 saturated heterocycles. The number of amides is 1. The second-order valence-corrected chi connectivity index (χ2v) is 9.69. The third kappa shape index (κ3) is 5.22.